The summed E-state index contributed by atoms with van der Waals surface area (Å²) < 4.78 is 4.55. The Morgan fingerprint density at radius 2 is 2.11 bits per heavy atom. The van der Waals surface area contributed by atoms with E-state index < -0.39 is 0 Å². The molecule has 1 amide bonds. The van der Waals surface area contributed by atoms with E-state index in [-0.39, 0.29) is 11.5 Å². The first-order valence-corrected chi connectivity index (χ1v) is 6.48. The van der Waals surface area contributed by atoms with E-state index in [1.807, 2.05) is 20.8 Å². The third kappa shape index (κ3) is 11.4. The summed E-state index contributed by atoms with van der Waals surface area (Å²) in [5, 5.41) is 3.37. The van der Waals surface area contributed by atoms with Crippen LogP contribution in [0.2, 0.25) is 0 Å². The molecule has 0 aromatic heterocycles. The lowest BCUT2D eigenvalue weighted by Crippen LogP contribution is -2.34. The Bertz CT molecular complexity index is 243. The number of nitrogens with one attached hydrogen (secondary N) is 1. The number of hydrogen-bond acceptors (Lipinski definition) is 4. The average Bonchev–Trinajstić information content (AvgIpc) is 2.27. The SMILES string of the molecule is CC(C)(C)OC=O.NC(=O)CCC1CCCCN1. The van der Waals surface area contributed by atoms with Gasteiger partial charge in [-0.15, -0.1) is 0 Å². The summed E-state index contributed by atoms with van der Waals surface area (Å²) in [5.41, 5.74) is 4.73. The summed E-state index contributed by atoms with van der Waals surface area (Å²) in [4.78, 5) is 20.0. The average molecular weight is 258 g/mol. The van der Waals surface area contributed by atoms with Gasteiger partial charge in [0.2, 0.25) is 5.91 Å². The van der Waals surface area contributed by atoms with E-state index in [2.05, 4.69) is 10.1 Å². The second kappa shape index (κ2) is 8.91. The van der Waals surface area contributed by atoms with Crippen molar-refractivity contribution in [2.45, 2.75) is 64.5 Å². The second-order valence-corrected chi connectivity index (χ2v) is 5.48. The Morgan fingerprint density at radius 1 is 1.44 bits per heavy atom. The largest absolute Gasteiger partial charge is 0.462 e. The molecule has 1 rings (SSSR count). The monoisotopic (exact) mass is 258 g/mol. The Kier molecular flexibility index (Phi) is 8.37. The van der Waals surface area contributed by atoms with Gasteiger partial charge in [-0.2, -0.15) is 0 Å². The molecule has 0 radical (unpaired) electrons. The first kappa shape index (κ1) is 16.9. The van der Waals surface area contributed by atoms with E-state index in [1.54, 1.807) is 0 Å². The van der Waals surface area contributed by atoms with E-state index in [4.69, 9.17) is 5.73 Å². The first-order valence-electron chi connectivity index (χ1n) is 6.48. The molecule has 3 N–H and O–H groups in total. The number of ether oxygens (including phenoxy) is 1. The Hall–Kier alpha value is -1.10. The molecule has 106 valence electrons. The van der Waals surface area contributed by atoms with Crippen molar-refractivity contribution in [2.75, 3.05) is 6.54 Å². The van der Waals surface area contributed by atoms with Crippen molar-refractivity contribution >= 4 is 12.4 Å². The van der Waals surface area contributed by atoms with E-state index in [0.29, 0.717) is 18.9 Å². The molecule has 1 atom stereocenters. The highest BCUT2D eigenvalue weighted by atomic mass is 16.5. The minimum absolute atomic E-state index is 0.183. The highest BCUT2D eigenvalue weighted by Crippen LogP contribution is 2.10. The third-order valence-electron chi connectivity index (χ3n) is 2.55. The summed E-state index contributed by atoms with van der Waals surface area (Å²) in [7, 11) is 0. The molecule has 5 heteroatoms. The highest BCUT2D eigenvalue weighted by molar-refractivity contribution is 5.73. The van der Waals surface area contributed by atoms with Crippen molar-refractivity contribution in [3.05, 3.63) is 0 Å². The van der Waals surface area contributed by atoms with Gasteiger partial charge in [-0.05, 0) is 46.6 Å². The molecule has 18 heavy (non-hydrogen) atoms. The van der Waals surface area contributed by atoms with E-state index in [0.717, 1.165) is 13.0 Å². The summed E-state index contributed by atoms with van der Waals surface area (Å²) in [5.74, 6) is -0.183. The standard InChI is InChI=1S/C8H16N2O.C5H10O2/c9-8(11)5-4-7-3-1-2-6-10-7;1-5(2,3)7-4-6/h7,10H,1-6H2,(H2,9,11);4H,1-3H3. The zero-order valence-corrected chi connectivity index (χ0v) is 11.7. The molecule has 0 saturated carbocycles. The van der Waals surface area contributed by atoms with Crippen LogP contribution in [0, 0.1) is 0 Å². The molecule has 1 saturated heterocycles. The molecule has 0 spiro atoms. The topological polar surface area (TPSA) is 81.4 Å². The van der Waals surface area contributed by atoms with Crippen molar-refractivity contribution in [1.29, 1.82) is 0 Å². The minimum atomic E-state index is -0.318. The van der Waals surface area contributed by atoms with Crippen LogP contribution >= 0.6 is 0 Å². The molecule has 1 unspecified atom stereocenters. The summed E-state index contributed by atoms with van der Waals surface area (Å²) in [6, 6.07) is 0.538. The predicted molar refractivity (Wildman–Crippen MR) is 71.0 cm³/mol. The maximum absolute atomic E-state index is 10.4. The van der Waals surface area contributed by atoms with E-state index in [1.165, 1.54) is 19.3 Å². The fourth-order valence-electron chi connectivity index (χ4n) is 1.63. The molecular formula is C13H26N2O3. The molecule has 1 aliphatic heterocycles. The molecule has 1 heterocycles. The number of piperidine rings is 1. The van der Waals surface area contributed by atoms with Gasteiger partial charge in [-0.25, -0.2) is 0 Å². The Morgan fingerprint density at radius 3 is 2.44 bits per heavy atom. The predicted octanol–water partition coefficient (Wildman–Crippen LogP) is 1.35. The van der Waals surface area contributed by atoms with Crippen molar-refractivity contribution in [1.82, 2.24) is 5.32 Å². The first-order chi connectivity index (χ1) is 8.35. The summed E-state index contributed by atoms with van der Waals surface area (Å²) in [6.07, 6.45) is 5.20. The molecule has 0 aromatic rings. The lowest BCUT2D eigenvalue weighted by Gasteiger charge is -2.22. The van der Waals surface area contributed by atoms with Gasteiger partial charge in [0.15, 0.2) is 0 Å². The van der Waals surface area contributed by atoms with Crippen molar-refractivity contribution in [2.24, 2.45) is 5.73 Å². The van der Waals surface area contributed by atoms with E-state index in [9.17, 15) is 9.59 Å². The highest BCUT2D eigenvalue weighted by Gasteiger charge is 2.12. The number of amides is 1. The van der Waals surface area contributed by atoms with Gasteiger partial charge in [-0.3, -0.25) is 9.59 Å². The quantitative estimate of drug-likeness (QED) is 0.746. The van der Waals surface area contributed by atoms with Crippen LogP contribution in [0.15, 0.2) is 0 Å². The number of carbonyl (C=O) groups excluding carboxylic acids is 2. The maximum Gasteiger partial charge on any atom is 0.293 e. The number of hydrogen-bond donors (Lipinski definition) is 2. The van der Waals surface area contributed by atoms with Gasteiger partial charge >= 0.3 is 0 Å². The Labute approximate surface area is 109 Å². The molecule has 1 aliphatic rings. The number of carbonyl (C=O) groups is 2. The minimum Gasteiger partial charge on any atom is -0.462 e. The molecule has 0 bridgehead atoms. The normalized spacial score (nSPS) is 19.4. The Balaban J connectivity index is 0.000000360. The fraction of sp³-hybridized carbons (Fsp3) is 0.846. The van der Waals surface area contributed by atoms with Crippen molar-refractivity contribution in [3.8, 4) is 0 Å². The molecular weight excluding hydrogens is 232 g/mol. The summed E-state index contributed by atoms with van der Waals surface area (Å²) in [6.45, 7) is 7.02. The van der Waals surface area contributed by atoms with Crippen LogP contribution in [-0.4, -0.2) is 30.6 Å². The van der Waals surface area contributed by atoms with E-state index >= 15 is 0 Å². The zero-order chi connectivity index (χ0) is 14.0. The van der Waals surface area contributed by atoms with Gasteiger partial charge in [0.25, 0.3) is 6.47 Å². The second-order valence-electron chi connectivity index (χ2n) is 5.48. The van der Waals surface area contributed by atoms with Gasteiger partial charge in [0, 0.05) is 12.5 Å². The van der Waals surface area contributed by atoms with Crippen LogP contribution in [0.4, 0.5) is 0 Å². The van der Waals surface area contributed by atoms with Gasteiger partial charge in [0.05, 0.1) is 0 Å². The van der Waals surface area contributed by atoms with Gasteiger partial charge in [-0.1, -0.05) is 6.42 Å². The van der Waals surface area contributed by atoms with Crippen LogP contribution in [-0.2, 0) is 14.3 Å². The maximum atomic E-state index is 10.4. The van der Waals surface area contributed by atoms with Crippen molar-refractivity contribution < 1.29 is 14.3 Å². The van der Waals surface area contributed by atoms with Crippen LogP contribution in [0.1, 0.15) is 52.9 Å². The van der Waals surface area contributed by atoms with Crippen molar-refractivity contribution in [3.63, 3.8) is 0 Å². The fourth-order valence-corrected chi connectivity index (χ4v) is 1.63. The van der Waals surface area contributed by atoms with Crippen LogP contribution in [0.5, 0.6) is 0 Å². The lowest BCUT2D eigenvalue weighted by atomic mass is 10.0. The smallest absolute Gasteiger partial charge is 0.293 e. The number of primary amides is 1. The summed E-state index contributed by atoms with van der Waals surface area (Å²) >= 11 is 0. The van der Waals surface area contributed by atoms with Crippen LogP contribution < -0.4 is 11.1 Å². The van der Waals surface area contributed by atoms with Crippen LogP contribution in [0.3, 0.4) is 0 Å². The van der Waals surface area contributed by atoms with Gasteiger partial charge < -0.3 is 15.8 Å². The molecule has 5 nitrogen and oxygen atoms in total. The zero-order valence-electron chi connectivity index (χ0n) is 11.7. The van der Waals surface area contributed by atoms with Gasteiger partial charge in [0.1, 0.15) is 5.60 Å². The molecule has 1 fully saturated rings. The lowest BCUT2D eigenvalue weighted by molar-refractivity contribution is -0.138. The third-order valence-corrected chi connectivity index (χ3v) is 2.55. The molecule has 0 aliphatic carbocycles. The number of rotatable bonds is 4. The van der Waals surface area contributed by atoms with Crippen LogP contribution in [0.25, 0.3) is 0 Å². The molecule has 0 aromatic carbocycles. The number of nitrogens with two attached hydrogens (primary N) is 1.